The predicted octanol–water partition coefficient (Wildman–Crippen LogP) is 2.87. The third-order valence-corrected chi connectivity index (χ3v) is 7.62. The molecule has 3 rings (SSSR count). The minimum atomic E-state index is -3.53. The summed E-state index contributed by atoms with van der Waals surface area (Å²) in [6.45, 7) is 4.60. The Morgan fingerprint density at radius 1 is 1.04 bits per heavy atom. The molecule has 1 amide bonds. The molecule has 1 aliphatic heterocycles. The molecule has 0 atom stereocenters. The number of H-pyrrole nitrogens is 1. The molecule has 140 valence electrons. The Morgan fingerprint density at radius 2 is 1.64 bits per heavy atom. The summed E-state index contributed by atoms with van der Waals surface area (Å²) < 4.78 is 27.4. The SMILES string of the molecule is Cc1[nH]c(C(=O)NC2CCCCCC2)c(C)c1S(=O)(=O)N1CCCC1. The lowest BCUT2D eigenvalue weighted by Crippen LogP contribution is -2.35. The molecule has 2 aliphatic rings. The van der Waals surface area contributed by atoms with E-state index in [4.69, 9.17) is 0 Å². The lowest BCUT2D eigenvalue weighted by molar-refractivity contribution is 0.0928. The number of carbonyl (C=O) groups is 1. The minimum Gasteiger partial charge on any atom is -0.353 e. The number of carbonyl (C=O) groups excluding carboxylic acids is 1. The second-order valence-electron chi connectivity index (χ2n) is 7.35. The monoisotopic (exact) mass is 367 g/mol. The van der Waals surface area contributed by atoms with E-state index >= 15 is 0 Å². The maximum absolute atomic E-state index is 12.9. The van der Waals surface area contributed by atoms with E-state index in [1.165, 1.54) is 17.1 Å². The first-order valence-corrected chi connectivity index (χ1v) is 10.9. The van der Waals surface area contributed by atoms with Crippen molar-refractivity contribution in [2.24, 2.45) is 0 Å². The Balaban J connectivity index is 1.82. The van der Waals surface area contributed by atoms with Gasteiger partial charge in [0.2, 0.25) is 10.0 Å². The average Bonchev–Trinajstić information content (AvgIpc) is 3.12. The maximum atomic E-state index is 12.9. The highest BCUT2D eigenvalue weighted by atomic mass is 32.2. The van der Waals surface area contributed by atoms with Gasteiger partial charge in [-0.3, -0.25) is 4.79 Å². The van der Waals surface area contributed by atoms with Crippen molar-refractivity contribution in [2.45, 2.75) is 76.2 Å². The molecule has 25 heavy (non-hydrogen) atoms. The molecule has 1 aliphatic carbocycles. The van der Waals surface area contributed by atoms with Gasteiger partial charge in [0.25, 0.3) is 5.91 Å². The zero-order valence-electron chi connectivity index (χ0n) is 15.2. The third kappa shape index (κ3) is 3.77. The van der Waals surface area contributed by atoms with Gasteiger partial charge in [-0.2, -0.15) is 4.31 Å². The fraction of sp³-hybridized carbons (Fsp3) is 0.722. The van der Waals surface area contributed by atoms with Crippen LogP contribution in [0.25, 0.3) is 0 Å². The van der Waals surface area contributed by atoms with Gasteiger partial charge in [0.05, 0.1) is 0 Å². The molecular formula is C18H29N3O3S. The van der Waals surface area contributed by atoms with Gasteiger partial charge < -0.3 is 10.3 Å². The van der Waals surface area contributed by atoms with Crippen LogP contribution in [0.5, 0.6) is 0 Å². The van der Waals surface area contributed by atoms with Gasteiger partial charge in [-0.25, -0.2) is 8.42 Å². The van der Waals surface area contributed by atoms with Crippen molar-refractivity contribution in [1.29, 1.82) is 0 Å². The van der Waals surface area contributed by atoms with Crippen LogP contribution in [0, 0.1) is 13.8 Å². The standard InChI is InChI=1S/C18H29N3O3S/c1-13-16(18(22)20-15-9-5-3-4-6-10-15)19-14(2)17(13)25(23,24)21-11-7-8-12-21/h15,19H,3-12H2,1-2H3,(H,20,22). The van der Waals surface area contributed by atoms with Crippen LogP contribution in [-0.4, -0.2) is 42.7 Å². The first-order chi connectivity index (χ1) is 11.9. The van der Waals surface area contributed by atoms with E-state index in [0.29, 0.717) is 30.0 Å². The number of amides is 1. The van der Waals surface area contributed by atoms with Gasteiger partial charge in [0.1, 0.15) is 10.6 Å². The maximum Gasteiger partial charge on any atom is 0.268 e. The second-order valence-corrected chi connectivity index (χ2v) is 9.23. The van der Waals surface area contributed by atoms with Crippen molar-refractivity contribution in [3.8, 4) is 0 Å². The molecule has 0 unspecified atom stereocenters. The predicted molar refractivity (Wildman–Crippen MR) is 97.2 cm³/mol. The summed E-state index contributed by atoms with van der Waals surface area (Å²) >= 11 is 0. The molecular weight excluding hydrogens is 338 g/mol. The number of aryl methyl sites for hydroxylation is 1. The highest BCUT2D eigenvalue weighted by Gasteiger charge is 2.33. The van der Waals surface area contributed by atoms with Gasteiger partial charge >= 0.3 is 0 Å². The Kier molecular flexibility index (Phi) is 5.53. The van der Waals surface area contributed by atoms with Crippen molar-refractivity contribution in [3.63, 3.8) is 0 Å². The van der Waals surface area contributed by atoms with E-state index in [1.54, 1.807) is 13.8 Å². The number of aromatic nitrogens is 1. The fourth-order valence-corrected chi connectivity index (χ4v) is 6.01. The lowest BCUT2D eigenvalue weighted by Gasteiger charge is -2.17. The second kappa shape index (κ2) is 7.50. The van der Waals surface area contributed by atoms with E-state index in [2.05, 4.69) is 10.3 Å². The van der Waals surface area contributed by atoms with Crippen molar-refractivity contribution in [3.05, 3.63) is 17.0 Å². The van der Waals surface area contributed by atoms with Crippen LogP contribution in [0.3, 0.4) is 0 Å². The average molecular weight is 368 g/mol. The van der Waals surface area contributed by atoms with E-state index < -0.39 is 10.0 Å². The minimum absolute atomic E-state index is 0.185. The molecule has 1 aromatic rings. The highest BCUT2D eigenvalue weighted by Crippen LogP contribution is 2.29. The van der Waals surface area contributed by atoms with Gasteiger partial charge in [-0.05, 0) is 45.1 Å². The molecule has 0 radical (unpaired) electrons. The molecule has 2 fully saturated rings. The highest BCUT2D eigenvalue weighted by molar-refractivity contribution is 7.89. The summed E-state index contributed by atoms with van der Waals surface area (Å²) in [5, 5.41) is 3.10. The molecule has 1 aromatic heterocycles. The number of rotatable bonds is 4. The summed E-state index contributed by atoms with van der Waals surface area (Å²) in [4.78, 5) is 16.0. The van der Waals surface area contributed by atoms with Gasteiger partial charge in [0, 0.05) is 24.8 Å². The molecule has 7 heteroatoms. The molecule has 1 saturated carbocycles. The summed E-state index contributed by atoms with van der Waals surface area (Å²) in [7, 11) is -3.53. The van der Waals surface area contributed by atoms with Crippen LogP contribution in [0.2, 0.25) is 0 Å². The molecule has 6 nitrogen and oxygen atoms in total. The molecule has 1 saturated heterocycles. The van der Waals surface area contributed by atoms with E-state index in [0.717, 1.165) is 38.5 Å². The zero-order valence-corrected chi connectivity index (χ0v) is 16.0. The number of hydrogen-bond acceptors (Lipinski definition) is 3. The Hall–Kier alpha value is -1.34. The third-order valence-electron chi connectivity index (χ3n) is 5.45. The van der Waals surface area contributed by atoms with Crippen LogP contribution in [0.1, 0.15) is 73.1 Å². The smallest absolute Gasteiger partial charge is 0.268 e. The normalized spacial score (nSPS) is 20.6. The van der Waals surface area contributed by atoms with Crippen LogP contribution in [-0.2, 0) is 10.0 Å². The first kappa shape index (κ1) is 18.5. The quantitative estimate of drug-likeness (QED) is 0.803. The number of nitrogens with one attached hydrogen (secondary N) is 2. The molecule has 0 bridgehead atoms. The molecule has 2 N–H and O–H groups in total. The number of aromatic amines is 1. The van der Waals surface area contributed by atoms with Crippen molar-refractivity contribution in [1.82, 2.24) is 14.6 Å². The topological polar surface area (TPSA) is 82.3 Å². The Morgan fingerprint density at radius 3 is 2.24 bits per heavy atom. The number of hydrogen-bond donors (Lipinski definition) is 2. The van der Waals surface area contributed by atoms with Gasteiger partial charge in [0.15, 0.2) is 0 Å². The summed E-state index contributed by atoms with van der Waals surface area (Å²) in [5.74, 6) is -0.185. The summed E-state index contributed by atoms with van der Waals surface area (Å²) in [6.07, 6.45) is 8.54. The number of nitrogens with zero attached hydrogens (tertiary/aromatic N) is 1. The number of sulfonamides is 1. The van der Waals surface area contributed by atoms with E-state index in [-0.39, 0.29) is 16.8 Å². The van der Waals surface area contributed by atoms with Crippen molar-refractivity contribution < 1.29 is 13.2 Å². The Bertz CT molecular complexity index is 725. The Labute approximate surface area is 150 Å². The van der Waals surface area contributed by atoms with Crippen LogP contribution < -0.4 is 5.32 Å². The summed E-state index contributed by atoms with van der Waals surface area (Å²) in [6, 6.07) is 0.191. The van der Waals surface area contributed by atoms with E-state index in [9.17, 15) is 13.2 Å². The fourth-order valence-electron chi connectivity index (χ4n) is 4.09. The van der Waals surface area contributed by atoms with Crippen LogP contribution in [0.4, 0.5) is 0 Å². The van der Waals surface area contributed by atoms with Crippen LogP contribution in [0.15, 0.2) is 4.90 Å². The first-order valence-electron chi connectivity index (χ1n) is 9.41. The largest absolute Gasteiger partial charge is 0.353 e. The van der Waals surface area contributed by atoms with Crippen molar-refractivity contribution in [2.75, 3.05) is 13.1 Å². The molecule has 2 heterocycles. The van der Waals surface area contributed by atoms with Crippen LogP contribution >= 0.6 is 0 Å². The lowest BCUT2D eigenvalue weighted by atomic mass is 10.1. The zero-order chi connectivity index (χ0) is 18.0. The molecule has 0 aromatic carbocycles. The van der Waals surface area contributed by atoms with E-state index in [1.807, 2.05) is 0 Å². The van der Waals surface area contributed by atoms with Crippen molar-refractivity contribution >= 4 is 15.9 Å². The molecule has 0 spiro atoms. The van der Waals surface area contributed by atoms with Gasteiger partial charge in [-0.1, -0.05) is 25.7 Å². The summed E-state index contributed by atoms with van der Waals surface area (Å²) in [5.41, 5.74) is 1.48. The van der Waals surface area contributed by atoms with Gasteiger partial charge in [-0.15, -0.1) is 0 Å².